The fourth-order valence-electron chi connectivity index (χ4n) is 2.25. The van der Waals surface area contributed by atoms with Crippen LogP contribution < -0.4 is 0 Å². The van der Waals surface area contributed by atoms with Crippen molar-refractivity contribution in [1.82, 2.24) is 9.88 Å². The van der Waals surface area contributed by atoms with Crippen LogP contribution in [0.2, 0.25) is 0 Å². The Balaban J connectivity index is 1.85. The molecule has 0 aromatic carbocycles. The number of pyridine rings is 1. The summed E-state index contributed by atoms with van der Waals surface area (Å²) < 4.78 is 0. The van der Waals surface area contributed by atoms with E-state index in [4.69, 9.17) is 5.11 Å². The van der Waals surface area contributed by atoms with E-state index in [1.807, 2.05) is 23.1 Å². The van der Waals surface area contributed by atoms with Crippen LogP contribution in [-0.4, -0.2) is 40.6 Å². The standard InChI is InChI=1S/C13H18N2O2/c16-8-5-11-4-7-15(10-11)13(17)9-12-3-1-2-6-14-12/h1-3,6,11,16H,4-5,7-10H2. The van der Waals surface area contributed by atoms with Gasteiger partial charge in [0.05, 0.1) is 6.42 Å². The van der Waals surface area contributed by atoms with Crippen molar-refractivity contribution in [2.24, 2.45) is 5.92 Å². The molecule has 1 aliphatic rings. The third-order valence-electron chi connectivity index (χ3n) is 3.23. The van der Waals surface area contributed by atoms with Gasteiger partial charge in [0, 0.05) is 31.6 Å². The van der Waals surface area contributed by atoms with Gasteiger partial charge in [-0.2, -0.15) is 0 Å². The molecule has 1 aliphatic heterocycles. The lowest BCUT2D eigenvalue weighted by molar-refractivity contribution is -0.129. The molecule has 4 heteroatoms. The third kappa shape index (κ3) is 3.27. The molecule has 4 nitrogen and oxygen atoms in total. The number of aliphatic hydroxyl groups is 1. The zero-order chi connectivity index (χ0) is 12.1. The summed E-state index contributed by atoms with van der Waals surface area (Å²) in [4.78, 5) is 18.0. The Bertz CT molecular complexity index is 367. The van der Waals surface area contributed by atoms with Gasteiger partial charge in [0.2, 0.25) is 5.91 Å². The van der Waals surface area contributed by atoms with Crippen LogP contribution >= 0.6 is 0 Å². The molecule has 0 aliphatic carbocycles. The maximum atomic E-state index is 12.0. The van der Waals surface area contributed by atoms with Crippen molar-refractivity contribution >= 4 is 5.91 Å². The van der Waals surface area contributed by atoms with Crippen LogP contribution in [-0.2, 0) is 11.2 Å². The molecule has 1 aromatic heterocycles. The average molecular weight is 234 g/mol. The Kier molecular flexibility index (Phi) is 4.09. The topological polar surface area (TPSA) is 53.4 Å². The Hall–Kier alpha value is -1.42. The number of hydrogen-bond acceptors (Lipinski definition) is 3. The minimum atomic E-state index is 0.143. The van der Waals surface area contributed by atoms with E-state index in [0.29, 0.717) is 12.3 Å². The van der Waals surface area contributed by atoms with Crippen LogP contribution in [0, 0.1) is 5.92 Å². The lowest BCUT2D eigenvalue weighted by Gasteiger charge is -2.16. The molecule has 1 amide bonds. The van der Waals surface area contributed by atoms with Crippen molar-refractivity contribution in [1.29, 1.82) is 0 Å². The first-order chi connectivity index (χ1) is 8.29. The van der Waals surface area contributed by atoms with E-state index >= 15 is 0 Å². The molecule has 0 saturated carbocycles. The van der Waals surface area contributed by atoms with Crippen molar-refractivity contribution < 1.29 is 9.90 Å². The zero-order valence-corrected chi connectivity index (χ0v) is 9.88. The van der Waals surface area contributed by atoms with E-state index in [1.54, 1.807) is 6.20 Å². The summed E-state index contributed by atoms with van der Waals surface area (Å²) in [6, 6.07) is 5.62. The van der Waals surface area contributed by atoms with E-state index in [1.165, 1.54) is 0 Å². The second-order valence-electron chi connectivity index (χ2n) is 4.50. The molecule has 2 rings (SSSR count). The van der Waals surface area contributed by atoms with Gasteiger partial charge >= 0.3 is 0 Å². The molecule has 1 N–H and O–H groups in total. The maximum Gasteiger partial charge on any atom is 0.228 e. The van der Waals surface area contributed by atoms with Gasteiger partial charge < -0.3 is 10.0 Å². The molecular weight excluding hydrogens is 216 g/mol. The predicted molar refractivity (Wildman–Crippen MR) is 64.3 cm³/mol. The lowest BCUT2D eigenvalue weighted by atomic mass is 10.1. The second-order valence-corrected chi connectivity index (χ2v) is 4.50. The minimum absolute atomic E-state index is 0.143. The van der Waals surface area contributed by atoms with Gasteiger partial charge in [0.25, 0.3) is 0 Å². The number of aliphatic hydroxyl groups excluding tert-OH is 1. The number of amides is 1. The van der Waals surface area contributed by atoms with Gasteiger partial charge in [0.15, 0.2) is 0 Å². The number of carbonyl (C=O) groups excluding carboxylic acids is 1. The first-order valence-corrected chi connectivity index (χ1v) is 6.08. The van der Waals surface area contributed by atoms with Crippen molar-refractivity contribution in [2.75, 3.05) is 19.7 Å². The van der Waals surface area contributed by atoms with E-state index in [-0.39, 0.29) is 12.5 Å². The largest absolute Gasteiger partial charge is 0.396 e. The van der Waals surface area contributed by atoms with E-state index in [0.717, 1.165) is 31.6 Å². The summed E-state index contributed by atoms with van der Waals surface area (Å²) in [5.41, 5.74) is 0.822. The van der Waals surface area contributed by atoms with Crippen molar-refractivity contribution in [3.63, 3.8) is 0 Å². The quantitative estimate of drug-likeness (QED) is 0.840. The van der Waals surface area contributed by atoms with Crippen LogP contribution in [0.1, 0.15) is 18.5 Å². The highest BCUT2D eigenvalue weighted by Gasteiger charge is 2.25. The molecule has 1 aromatic rings. The molecule has 0 spiro atoms. The molecule has 92 valence electrons. The normalized spacial score (nSPS) is 19.6. The van der Waals surface area contributed by atoms with E-state index in [2.05, 4.69) is 4.98 Å². The van der Waals surface area contributed by atoms with Crippen molar-refractivity contribution in [3.05, 3.63) is 30.1 Å². The van der Waals surface area contributed by atoms with Crippen LogP contribution in [0.4, 0.5) is 0 Å². The molecule has 1 fully saturated rings. The molecule has 1 unspecified atom stereocenters. The first-order valence-electron chi connectivity index (χ1n) is 6.08. The summed E-state index contributed by atoms with van der Waals surface area (Å²) in [6.45, 7) is 1.81. The summed E-state index contributed by atoms with van der Waals surface area (Å²) in [6.07, 6.45) is 3.90. The molecular formula is C13H18N2O2. The fourth-order valence-corrected chi connectivity index (χ4v) is 2.25. The highest BCUT2D eigenvalue weighted by atomic mass is 16.3. The summed E-state index contributed by atoms with van der Waals surface area (Å²) >= 11 is 0. The number of rotatable bonds is 4. The minimum Gasteiger partial charge on any atom is -0.396 e. The van der Waals surface area contributed by atoms with Gasteiger partial charge in [-0.05, 0) is 30.9 Å². The number of likely N-dealkylation sites (tertiary alicyclic amines) is 1. The van der Waals surface area contributed by atoms with Gasteiger partial charge in [-0.25, -0.2) is 0 Å². The fraction of sp³-hybridized carbons (Fsp3) is 0.538. The molecule has 17 heavy (non-hydrogen) atoms. The van der Waals surface area contributed by atoms with Crippen LogP contribution in [0.5, 0.6) is 0 Å². The molecule has 2 heterocycles. The third-order valence-corrected chi connectivity index (χ3v) is 3.23. The number of aromatic nitrogens is 1. The highest BCUT2D eigenvalue weighted by Crippen LogP contribution is 2.19. The van der Waals surface area contributed by atoms with Gasteiger partial charge in [-0.1, -0.05) is 6.07 Å². The highest BCUT2D eigenvalue weighted by molar-refractivity contribution is 5.78. The lowest BCUT2D eigenvalue weighted by Crippen LogP contribution is -2.30. The van der Waals surface area contributed by atoms with Crippen LogP contribution in [0.25, 0.3) is 0 Å². The zero-order valence-electron chi connectivity index (χ0n) is 9.88. The molecule has 0 radical (unpaired) electrons. The van der Waals surface area contributed by atoms with Gasteiger partial charge in [-0.15, -0.1) is 0 Å². The van der Waals surface area contributed by atoms with E-state index in [9.17, 15) is 4.79 Å². The second kappa shape index (κ2) is 5.77. The molecule has 1 atom stereocenters. The Morgan fingerprint density at radius 3 is 3.12 bits per heavy atom. The molecule has 0 bridgehead atoms. The van der Waals surface area contributed by atoms with Crippen LogP contribution in [0.3, 0.4) is 0 Å². The maximum absolute atomic E-state index is 12.0. The predicted octanol–water partition coefficient (Wildman–Crippen LogP) is 0.855. The van der Waals surface area contributed by atoms with Gasteiger partial charge in [-0.3, -0.25) is 9.78 Å². The Morgan fingerprint density at radius 2 is 2.41 bits per heavy atom. The van der Waals surface area contributed by atoms with E-state index < -0.39 is 0 Å². The first kappa shape index (κ1) is 12.0. The Morgan fingerprint density at radius 1 is 1.53 bits per heavy atom. The average Bonchev–Trinajstić information content (AvgIpc) is 2.79. The number of carbonyl (C=O) groups is 1. The van der Waals surface area contributed by atoms with Crippen LogP contribution in [0.15, 0.2) is 24.4 Å². The Labute approximate surface area is 101 Å². The van der Waals surface area contributed by atoms with Crippen molar-refractivity contribution in [3.8, 4) is 0 Å². The monoisotopic (exact) mass is 234 g/mol. The summed E-state index contributed by atoms with van der Waals surface area (Å²) in [5.74, 6) is 0.608. The smallest absolute Gasteiger partial charge is 0.228 e. The summed E-state index contributed by atoms with van der Waals surface area (Å²) in [5, 5.41) is 8.87. The number of hydrogen-bond donors (Lipinski definition) is 1. The SMILES string of the molecule is O=C(Cc1ccccn1)N1CCC(CCO)C1. The molecule has 1 saturated heterocycles. The summed E-state index contributed by atoms with van der Waals surface area (Å²) in [7, 11) is 0. The van der Waals surface area contributed by atoms with Gasteiger partial charge in [0.1, 0.15) is 0 Å². The number of nitrogens with zero attached hydrogens (tertiary/aromatic N) is 2. The van der Waals surface area contributed by atoms with Crippen molar-refractivity contribution in [2.45, 2.75) is 19.3 Å².